The second-order valence-electron chi connectivity index (χ2n) is 5.63. The molecule has 5 heteroatoms. The van der Waals surface area contributed by atoms with Gasteiger partial charge in [0.2, 0.25) is 5.91 Å². The quantitative estimate of drug-likeness (QED) is 0.908. The molecule has 1 aliphatic heterocycles. The van der Waals surface area contributed by atoms with E-state index in [-0.39, 0.29) is 17.9 Å². The standard InChI is InChI=1S/C16H22N2O2S/c1-12(2)8-9-17-15(19)14-10-21-11-18(14)16(20)13-6-4-3-5-7-13/h3-7,12,14H,8-11H2,1-2H3,(H,17,19)/t14-/m0/s1. The number of amides is 2. The van der Waals surface area contributed by atoms with Gasteiger partial charge in [0.05, 0.1) is 5.88 Å². The lowest BCUT2D eigenvalue weighted by atomic mass is 10.1. The molecule has 0 aliphatic carbocycles. The molecule has 0 bridgehead atoms. The Morgan fingerprint density at radius 3 is 2.71 bits per heavy atom. The van der Waals surface area contributed by atoms with Crippen molar-refractivity contribution < 1.29 is 9.59 Å². The Morgan fingerprint density at radius 2 is 2.05 bits per heavy atom. The van der Waals surface area contributed by atoms with E-state index in [4.69, 9.17) is 0 Å². The van der Waals surface area contributed by atoms with Crippen molar-refractivity contribution in [1.29, 1.82) is 0 Å². The van der Waals surface area contributed by atoms with Crippen molar-refractivity contribution in [3.05, 3.63) is 35.9 Å². The minimum atomic E-state index is -0.352. The zero-order valence-electron chi connectivity index (χ0n) is 12.5. The molecule has 0 saturated carbocycles. The van der Waals surface area contributed by atoms with Crippen LogP contribution in [0, 0.1) is 5.92 Å². The fourth-order valence-electron chi connectivity index (χ4n) is 2.21. The van der Waals surface area contributed by atoms with Crippen LogP contribution in [0.5, 0.6) is 0 Å². The summed E-state index contributed by atoms with van der Waals surface area (Å²) in [4.78, 5) is 26.4. The Morgan fingerprint density at radius 1 is 1.33 bits per heavy atom. The zero-order valence-corrected chi connectivity index (χ0v) is 13.4. The average Bonchev–Trinajstić information content (AvgIpc) is 2.96. The average molecular weight is 306 g/mol. The summed E-state index contributed by atoms with van der Waals surface area (Å²) in [5, 5.41) is 2.95. The fourth-order valence-corrected chi connectivity index (χ4v) is 3.36. The maximum Gasteiger partial charge on any atom is 0.255 e. The molecule has 4 nitrogen and oxygen atoms in total. The number of carbonyl (C=O) groups excluding carboxylic acids is 2. The van der Waals surface area contributed by atoms with Crippen molar-refractivity contribution in [1.82, 2.24) is 10.2 Å². The Bertz CT molecular complexity index is 490. The minimum absolute atomic E-state index is 0.0371. The van der Waals surface area contributed by atoms with Crippen molar-refractivity contribution in [3.63, 3.8) is 0 Å². The molecule has 2 amide bonds. The Hall–Kier alpha value is -1.49. The van der Waals surface area contributed by atoms with E-state index in [1.54, 1.807) is 28.8 Å². The molecular weight excluding hydrogens is 284 g/mol. The number of hydrogen-bond acceptors (Lipinski definition) is 3. The summed E-state index contributed by atoms with van der Waals surface area (Å²) in [7, 11) is 0. The van der Waals surface area contributed by atoms with E-state index < -0.39 is 0 Å². The van der Waals surface area contributed by atoms with Gasteiger partial charge in [-0.25, -0.2) is 0 Å². The van der Waals surface area contributed by atoms with Crippen LogP contribution in [0.15, 0.2) is 30.3 Å². The number of thioether (sulfide) groups is 1. The van der Waals surface area contributed by atoms with Gasteiger partial charge in [0.25, 0.3) is 5.91 Å². The van der Waals surface area contributed by atoms with Crippen molar-refractivity contribution in [2.45, 2.75) is 26.3 Å². The van der Waals surface area contributed by atoms with E-state index in [9.17, 15) is 9.59 Å². The van der Waals surface area contributed by atoms with Crippen molar-refractivity contribution in [2.24, 2.45) is 5.92 Å². The molecule has 1 aromatic rings. The lowest BCUT2D eigenvalue weighted by molar-refractivity contribution is -0.124. The molecule has 0 spiro atoms. The smallest absolute Gasteiger partial charge is 0.255 e. The van der Waals surface area contributed by atoms with E-state index >= 15 is 0 Å². The van der Waals surface area contributed by atoms with Crippen molar-refractivity contribution in [3.8, 4) is 0 Å². The van der Waals surface area contributed by atoms with E-state index in [1.165, 1.54) is 0 Å². The maximum atomic E-state index is 12.5. The van der Waals surface area contributed by atoms with Gasteiger partial charge in [-0.05, 0) is 24.5 Å². The molecule has 0 unspecified atom stereocenters. The van der Waals surface area contributed by atoms with Crippen molar-refractivity contribution >= 4 is 23.6 Å². The van der Waals surface area contributed by atoms with E-state index in [0.717, 1.165) is 6.42 Å². The molecule has 1 fully saturated rings. The zero-order chi connectivity index (χ0) is 15.2. The Balaban J connectivity index is 1.96. The minimum Gasteiger partial charge on any atom is -0.354 e. The van der Waals surface area contributed by atoms with Crippen molar-refractivity contribution in [2.75, 3.05) is 18.2 Å². The van der Waals surface area contributed by atoms with E-state index in [2.05, 4.69) is 19.2 Å². The third kappa shape index (κ3) is 4.24. The summed E-state index contributed by atoms with van der Waals surface area (Å²) in [5.41, 5.74) is 0.639. The molecule has 114 valence electrons. The van der Waals surface area contributed by atoms with Crippen LogP contribution in [-0.2, 0) is 4.79 Å². The summed E-state index contributed by atoms with van der Waals surface area (Å²) in [5.74, 6) is 1.71. The summed E-state index contributed by atoms with van der Waals surface area (Å²) >= 11 is 1.63. The fraction of sp³-hybridized carbons (Fsp3) is 0.500. The van der Waals surface area contributed by atoms with E-state index in [1.807, 2.05) is 18.2 Å². The van der Waals surface area contributed by atoms with Gasteiger partial charge in [-0.1, -0.05) is 32.0 Å². The molecule has 0 aromatic heterocycles. The summed E-state index contributed by atoms with van der Waals surface area (Å²) < 4.78 is 0. The number of rotatable bonds is 5. The van der Waals surface area contributed by atoms with Crippen LogP contribution < -0.4 is 5.32 Å². The molecule has 0 radical (unpaired) electrons. The molecule has 1 N–H and O–H groups in total. The van der Waals surface area contributed by atoms with Gasteiger partial charge >= 0.3 is 0 Å². The molecule has 1 atom stereocenters. The lowest BCUT2D eigenvalue weighted by Crippen LogP contribution is -2.47. The Kier molecular flexibility index (Phi) is 5.67. The molecule has 1 heterocycles. The SMILES string of the molecule is CC(C)CCNC(=O)[C@@H]1CSCN1C(=O)c1ccccc1. The normalized spacial score (nSPS) is 18.0. The lowest BCUT2D eigenvalue weighted by Gasteiger charge is -2.23. The highest BCUT2D eigenvalue weighted by atomic mass is 32.2. The first-order valence-corrected chi connectivity index (χ1v) is 8.46. The predicted molar refractivity (Wildman–Crippen MR) is 86.2 cm³/mol. The topological polar surface area (TPSA) is 49.4 Å². The maximum absolute atomic E-state index is 12.5. The number of nitrogens with one attached hydrogen (secondary N) is 1. The largest absolute Gasteiger partial charge is 0.354 e. The summed E-state index contributed by atoms with van der Waals surface area (Å²) in [6.45, 7) is 4.93. The molecule has 1 aliphatic rings. The van der Waals surface area contributed by atoms with Crippen LogP contribution in [0.25, 0.3) is 0 Å². The second-order valence-corrected chi connectivity index (χ2v) is 6.63. The highest BCUT2D eigenvalue weighted by Crippen LogP contribution is 2.23. The molecular formula is C16H22N2O2S. The van der Waals surface area contributed by atoms with Gasteiger partial charge in [-0.2, -0.15) is 0 Å². The van der Waals surface area contributed by atoms with Crippen LogP contribution in [-0.4, -0.2) is 40.9 Å². The van der Waals surface area contributed by atoms with Gasteiger partial charge in [-0.15, -0.1) is 11.8 Å². The molecule has 2 rings (SSSR count). The third-order valence-corrected chi connectivity index (χ3v) is 4.50. The van der Waals surface area contributed by atoms with Crippen LogP contribution in [0.4, 0.5) is 0 Å². The van der Waals surface area contributed by atoms with Crippen LogP contribution in [0.3, 0.4) is 0 Å². The molecule has 21 heavy (non-hydrogen) atoms. The van der Waals surface area contributed by atoms with Crippen LogP contribution in [0.1, 0.15) is 30.6 Å². The van der Waals surface area contributed by atoms with Crippen LogP contribution >= 0.6 is 11.8 Å². The summed E-state index contributed by atoms with van der Waals surface area (Å²) in [6, 6.07) is 8.79. The highest BCUT2D eigenvalue weighted by Gasteiger charge is 2.34. The monoisotopic (exact) mass is 306 g/mol. The first-order valence-electron chi connectivity index (χ1n) is 7.31. The van der Waals surface area contributed by atoms with Gasteiger partial charge < -0.3 is 10.2 Å². The molecule has 1 aromatic carbocycles. The van der Waals surface area contributed by atoms with Crippen LogP contribution in [0.2, 0.25) is 0 Å². The van der Waals surface area contributed by atoms with Gasteiger partial charge in [-0.3, -0.25) is 9.59 Å². The van der Waals surface area contributed by atoms with Gasteiger partial charge in [0, 0.05) is 17.9 Å². The van der Waals surface area contributed by atoms with Gasteiger partial charge in [0.15, 0.2) is 0 Å². The number of hydrogen-bond donors (Lipinski definition) is 1. The first kappa shape index (κ1) is 15.9. The Labute approximate surface area is 130 Å². The number of benzene rings is 1. The molecule has 1 saturated heterocycles. The predicted octanol–water partition coefficient (Wildman–Crippen LogP) is 2.36. The summed E-state index contributed by atoms with van der Waals surface area (Å²) in [6.07, 6.45) is 0.957. The first-order chi connectivity index (χ1) is 10.1. The second kappa shape index (κ2) is 7.50. The van der Waals surface area contributed by atoms with Gasteiger partial charge in [0.1, 0.15) is 6.04 Å². The third-order valence-electron chi connectivity index (χ3n) is 3.49. The number of nitrogens with zero attached hydrogens (tertiary/aromatic N) is 1. The number of carbonyl (C=O) groups is 2. The highest BCUT2D eigenvalue weighted by molar-refractivity contribution is 7.99. The van der Waals surface area contributed by atoms with E-state index in [0.29, 0.717) is 29.7 Å².